The molecule has 0 aliphatic heterocycles. The quantitative estimate of drug-likeness (QED) is 0.717. The van der Waals surface area contributed by atoms with Crippen molar-refractivity contribution in [1.82, 2.24) is 0 Å². The number of benzene rings is 1. The van der Waals surface area contributed by atoms with Crippen molar-refractivity contribution in [3.05, 3.63) is 30.3 Å². The van der Waals surface area contributed by atoms with Crippen molar-refractivity contribution >= 4 is 13.8 Å². The van der Waals surface area contributed by atoms with Crippen LogP contribution in [0.5, 0.6) is 0 Å². The van der Waals surface area contributed by atoms with Crippen LogP contribution in [0.2, 0.25) is 0 Å². The third kappa shape index (κ3) is 4.91. The summed E-state index contributed by atoms with van der Waals surface area (Å²) in [5.41, 5.74) is 0.938. The van der Waals surface area contributed by atoms with Gasteiger partial charge in [0, 0.05) is 0 Å². The first kappa shape index (κ1) is 15.4. The van der Waals surface area contributed by atoms with Crippen LogP contribution >= 0.6 is 8.09 Å². The van der Waals surface area contributed by atoms with Crippen molar-refractivity contribution in [2.75, 3.05) is 18.3 Å². The highest BCUT2D eigenvalue weighted by molar-refractivity contribution is 7.63. The largest absolute Gasteiger partial charge is 0.528 e. The number of rotatable bonds is 8. The Balaban J connectivity index is 2.86. The molecule has 0 atom stereocenters. The lowest BCUT2D eigenvalue weighted by atomic mass is 10.3. The summed E-state index contributed by atoms with van der Waals surface area (Å²) in [5, 5.41) is 3.27. The topological polar surface area (TPSA) is 39.7 Å². The molecule has 0 radical (unpaired) electrons. The molecule has 1 aromatic carbocycles. The van der Waals surface area contributed by atoms with E-state index in [4.69, 9.17) is 13.6 Å². The minimum Gasteiger partial charge on any atom is -0.185 e. The number of hydrogen-bond acceptors (Lipinski definition) is 4. The first-order valence-electron chi connectivity index (χ1n) is 6.31. The molecule has 1 rings (SSSR count). The van der Waals surface area contributed by atoms with E-state index in [0.29, 0.717) is 13.2 Å². The first-order valence-corrected chi connectivity index (χ1v) is 7.86. The molecule has 0 amide bonds. The maximum atomic E-state index is 5.88. The van der Waals surface area contributed by atoms with E-state index in [1.165, 1.54) is 0 Å². The van der Waals surface area contributed by atoms with E-state index in [1.807, 2.05) is 58.0 Å². The van der Waals surface area contributed by atoms with Crippen molar-refractivity contribution in [1.29, 1.82) is 0 Å². The zero-order valence-corrected chi connectivity index (χ0v) is 12.4. The van der Waals surface area contributed by atoms with Gasteiger partial charge in [-0.25, -0.2) is 0 Å². The average Bonchev–Trinajstić information content (AvgIpc) is 2.29. The summed E-state index contributed by atoms with van der Waals surface area (Å²) in [6.45, 7) is 8.90. The van der Waals surface area contributed by atoms with Crippen LogP contribution in [-0.2, 0) is 13.6 Å². The Morgan fingerprint density at radius 3 is 2.06 bits per heavy atom. The number of hydrogen-bond donors (Lipinski definition) is 1. The van der Waals surface area contributed by atoms with Crippen molar-refractivity contribution in [2.24, 2.45) is 0 Å². The lowest BCUT2D eigenvalue weighted by Gasteiger charge is -2.22. The van der Waals surface area contributed by atoms with Gasteiger partial charge in [0.1, 0.15) is 6.10 Å². The summed E-state index contributed by atoms with van der Waals surface area (Å²) in [4.78, 5) is 0. The highest BCUT2D eigenvalue weighted by Gasteiger charge is 2.47. The highest BCUT2D eigenvalue weighted by Crippen LogP contribution is 2.62. The first-order chi connectivity index (χ1) is 8.62. The summed E-state index contributed by atoms with van der Waals surface area (Å²) in [6, 6.07) is 9.83. The summed E-state index contributed by atoms with van der Waals surface area (Å²) >= 11 is 0. The van der Waals surface area contributed by atoms with Gasteiger partial charge < -0.3 is 0 Å². The Labute approximate surface area is 110 Å². The number of anilines is 1. The van der Waals surface area contributed by atoms with Crippen LogP contribution in [0.25, 0.3) is 0 Å². The van der Waals surface area contributed by atoms with Gasteiger partial charge in [0.15, 0.2) is 0 Å². The second-order valence-electron chi connectivity index (χ2n) is 3.97. The molecule has 0 saturated heterocycles. The predicted octanol–water partition coefficient (Wildman–Crippen LogP) is 4.27. The molecule has 0 bridgehead atoms. The van der Waals surface area contributed by atoms with Gasteiger partial charge in [0.25, 0.3) is 0 Å². The smallest absolute Gasteiger partial charge is 0.185 e. The van der Waals surface area contributed by atoms with Crippen LogP contribution < -0.4 is 5.09 Å². The fraction of sp³-hybridized carbons (Fsp3) is 0.538. The van der Waals surface area contributed by atoms with Crippen LogP contribution in [0.15, 0.2) is 30.3 Å². The third-order valence-corrected chi connectivity index (χ3v) is 4.41. The van der Waals surface area contributed by atoms with E-state index in [1.54, 1.807) is 0 Å². The van der Waals surface area contributed by atoms with E-state index in [-0.39, 0.29) is 6.10 Å². The molecule has 0 aromatic heterocycles. The number of para-hydroxylation sites is 1. The van der Waals surface area contributed by atoms with Gasteiger partial charge in [-0.3, -0.25) is 0 Å². The lowest BCUT2D eigenvalue weighted by molar-refractivity contribution is 0.123. The van der Waals surface area contributed by atoms with Crippen LogP contribution in [0, 0.1) is 0 Å². The normalized spacial score (nSPS) is 11.8. The Hall–Kier alpha value is -0.670. The summed E-state index contributed by atoms with van der Waals surface area (Å²) in [5.74, 6) is 0. The van der Waals surface area contributed by atoms with Gasteiger partial charge in [-0.1, -0.05) is 18.2 Å². The van der Waals surface area contributed by atoms with Gasteiger partial charge in [-0.2, -0.15) is 18.7 Å². The molecule has 0 heterocycles. The zero-order valence-electron chi connectivity index (χ0n) is 11.6. The third-order valence-electron chi connectivity index (χ3n) is 1.99. The van der Waals surface area contributed by atoms with Crippen molar-refractivity contribution < 1.29 is 13.6 Å². The van der Waals surface area contributed by atoms with E-state index in [9.17, 15) is 0 Å². The average molecular weight is 272 g/mol. The Morgan fingerprint density at radius 1 is 1.06 bits per heavy atom. The molecular weight excluding hydrogens is 249 g/mol. The fourth-order valence-electron chi connectivity index (χ4n) is 1.48. The standard InChI is InChI=1S/C13H23NO3P/c1-5-15-18(16-6-2,17-12(3)4)14-13-10-8-7-9-11-13/h7-12,14H,5-6H2,1-4H3/q+1. The van der Waals surface area contributed by atoms with Gasteiger partial charge in [0.05, 0.1) is 18.9 Å². The molecule has 18 heavy (non-hydrogen) atoms. The summed E-state index contributed by atoms with van der Waals surface area (Å²) in [7, 11) is -2.52. The Morgan fingerprint density at radius 2 is 1.61 bits per heavy atom. The molecule has 0 unspecified atom stereocenters. The lowest BCUT2D eigenvalue weighted by Crippen LogP contribution is -2.18. The SMILES string of the molecule is CCO[P+](Nc1ccccc1)(OCC)OC(C)C. The summed E-state index contributed by atoms with van der Waals surface area (Å²) in [6.07, 6.45) is 0.0349. The second-order valence-corrected chi connectivity index (χ2v) is 5.91. The predicted molar refractivity (Wildman–Crippen MR) is 76.5 cm³/mol. The maximum absolute atomic E-state index is 5.88. The van der Waals surface area contributed by atoms with E-state index >= 15 is 0 Å². The van der Waals surface area contributed by atoms with Gasteiger partial charge in [-0.15, -0.1) is 0 Å². The molecular formula is C13H23NO3P+. The second kappa shape index (κ2) is 7.70. The van der Waals surface area contributed by atoms with Crippen molar-refractivity contribution in [3.63, 3.8) is 0 Å². The molecule has 1 N–H and O–H groups in total. The monoisotopic (exact) mass is 272 g/mol. The van der Waals surface area contributed by atoms with Crippen molar-refractivity contribution in [3.8, 4) is 0 Å². The Kier molecular flexibility index (Phi) is 6.58. The molecule has 0 aliphatic rings. The van der Waals surface area contributed by atoms with Crippen molar-refractivity contribution in [2.45, 2.75) is 33.8 Å². The van der Waals surface area contributed by atoms with E-state index in [0.717, 1.165) is 5.69 Å². The van der Waals surface area contributed by atoms with E-state index < -0.39 is 8.09 Å². The zero-order chi connectivity index (χ0) is 13.4. The number of nitrogens with one attached hydrogen (secondary N) is 1. The minimum atomic E-state index is -2.52. The molecule has 0 fully saturated rings. The van der Waals surface area contributed by atoms with Crippen LogP contribution in [0.1, 0.15) is 27.7 Å². The molecule has 4 nitrogen and oxygen atoms in total. The summed E-state index contributed by atoms with van der Waals surface area (Å²) < 4.78 is 17.4. The van der Waals surface area contributed by atoms with Crippen LogP contribution in [-0.4, -0.2) is 19.3 Å². The van der Waals surface area contributed by atoms with Crippen LogP contribution in [0.4, 0.5) is 5.69 Å². The molecule has 1 aromatic rings. The maximum Gasteiger partial charge on any atom is 0.528 e. The van der Waals surface area contributed by atoms with Gasteiger partial charge in [-0.05, 0) is 39.8 Å². The highest BCUT2D eigenvalue weighted by atomic mass is 31.2. The minimum absolute atomic E-state index is 0.0349. The van der Waals surface area contributed by atoms with Gasteiger partial charge >= 0.3 is 8.09 Å². The Bertz CT molecular complexity index is 326. The molecule has 102 valence electrons. The molecule has 0 saturated carbocycles. The van der Waals surface area contributed by atoms with E-state index in [2.05, 4.69) is 5.09 Å². The fourth-order valence-corrected chi connectivity index (χ4v) is 3.56. The molecule has 0 aliphatic carbocycles. The van der Waals surface area contributed by atoms with Crippen LogP contribution in [0.3, 0.4) is 0 Å². The van der Waals surface area contributed by atoms with Gasteiger partial charge in [0.2, 0.25) is 0 Å². The molecule has 0 spiro atoms. The molecule has 5 heteroatoms.